The summed E-state index contributed by atoms with van der Waals surface area (Å²) in [6.07, 6.45) is 1.11. The average Bonchev–Trinajstić information content (AvgIpc) is 3.38. The molecule has 0 aromatic carbocycles. The van der Waals surface area contributed by atoms with Crippen molar-refractivity contribution in [3.63, 3.8) is 0 Å². The monoisotopic (exact) mass is 614 g/mol. The number of rotatable bonds is 10. The van der Waals surface area contributed by atoms with Crippen molar-refractivity contribution in [1.29, 1.82) is 5.41 Å². The zero-order valence-corrected chi connectivity index (χ0v) is 24.2. The number of allylic oxidation sites excluding steroid dienone is 1. The van der Waals surface area contributed by atoms with Gasteiger partial charge < -0.3 is 30.5 Å². The molecule has 0 radical (unpaired) electrons. The Morgan fingerprint density at radius 2 is 1.82 bits per heavy atom. The van der Waals surface area contributed by atoms with Crippen molar-refractivity contribution >= 4 is 32.2 Å². The van der Waals surface area contributed by atoms with Crippen molar-refractivity contribution in [3.05, 3.63) is 34.9 Å². The van der Waals surface area contributed by atoms with E-state index in [-0.39, 0.29) is 17.0 Å². The van der Waals surface area contributed by atoms with Crippen LogP contribution < -0.4 is 16.0 Å². The van der Waals surface area contributed by atoms with E-state index in [1.807, 2.05) is 13.0 Å². The number of anilines is 2. The zero-order valence-electron chi connectivity index (χ0n) is 22.6. The third-order valence-corrected chi connectivity index (χ3v) is 7.98. The molecule has 13 heteroatoms. The van der Waals surface area contributed by atoms with E-state index in [0.717, 1.165) is 43.1 Å². The smallest absolute Gasteiger partial charge is 0.387 e. The number of halogens is 4. The molecule has 0 saturated carbocycles. The van der Waals surface area contributed by atoms with Crippen molar-refractivity contribution in [3.8, 4) is 0 Å². The van der Waals surface area contributed by atoms with Crippen LogP contribution in [0.3, 0.4) is 0 Å². The lowest BCUT2D eigenvalue weighted by Gasteiger charge is -2.42. The quantitative estimate of drug-likeness (QED) is 0.341. The van der Waals surface area contributed by atoms with Gasteiger partial charge in [-0.3, -0.25) is 5.41 Å². The van der Waals surface area contributed by atoms with Crippen LogP contribution in [-0.2, 0) is 4.74 Å². The summed E-state index contributed by atoms with van der Waals surface area (Å²) in [7, 11) is 0. The second kappa shape index (κ2) is 12.4. The van der Waals surface area contributed by atoms with Gasteiger partial charge in [-0.05, 0) is 67.4 Å². The fraction of sp³-hybridized carbons (Fsp3) is 0.654. The fourth-order valence-electron chi connectivity index (χ4n) is 5.47. The van der Waals surface area contributed by atoms with Crippen LogP contribution >= 0.6 is 15.9 Å². The van der Waals surface area contributed by atoms with E-state index in [0.29, 0.717) is 44.0 Å². The number of nitrogen functional groups attached to an aromatic ring is 1. The maximum atomic E-state index is 12.9. The lowest BCUT2D eigenvalue weighted by atomic mass is 9.88. The van der Waals surface area contributed by atoms with E-state index >= 15 is 0 Å². The molecule has 2 saturated heterocycles. The molecule has 4 rings (SSSR count). The minimum atomic E-state index is -4.26. The third-order valence-electron chi connectivity index (χ3n) is 7.59. The van der Waals surface area contributed by atoms with Gasteiger partial charge in [0.05, 0.1) is 24.2 Å². The van der Waals surface area contributed by atoms with E-state index in [1.165, 1.54) is 19.2 Å². The lowest BCUT2D eigenvalue weighted by molar-refractivity contribution is -0.153. The van der Waals surface area contributed by atoms with Crippen molar-refractivity contribution in [2.24, 2.45) is 0 Å². The Kier molecular flexibility index (Phi) is 9.43. The van der Waals surface area contributed by atoms with Crippen LogP contribution in [-0.4, -0.2) is 95.1 Å². The van der Waals surface area contributed by atoms with Crippen LogP contribution in [0.1, 0.15) is 45.1 Å². The number of alkyl halides is 3. The number of nitrogens with two attached hydrogens (primary N) is 1. The number of likely N-dealkylation sites (tertiary alicyclic amines) is 1. The molecule has 1 unspecified atom stereocenters. The first kappa shape index (κ1) is 29.6. The third kappa shape index (κ3) is 7.63. The molecule has 2 aliphatic heterocycles. The van der Waals surface area contributed by atoms with Gasteiger partial charge in [0.1, 0.15) is 22.6 Å². The van der Waals surface area contributed by atoms with Crippen LogP contribution in [0.4, 0.5) is 24.8 Å². The molecule has 1 atom stereocenters. The zero-order chi connectivity index (χ0) is 28.2. The molecule has 1 aromatic rings. The van der Waals surface area contributed by atoms with Gasteiger partial charge in [0.15, 0.2) is 0 Å². The van der Waals surface area contributed by atoms with Crippen LogP contribution in [0.2, 0.25) is 0 Å². The van der Waals surface area contributed by atoms with E-state index in [4.69, 9.17) is 15.9 Å². The maximum Gasteiger partial charge on any atom is 0.391 e. The molecule has 0 spiro atoms. The summed E-state index contributed by atoms with van der Waals surface area (Å²) in [5, 5.41) is 11.6. The van der Waals surface area contributed by atoms with Gasteiger partial charge in [0, 0.05) is 57.1 Å². The average molecular weight is 616 g/mol. The van der Waals surface area contributed by atoms with Gasteiger partial charge in [-0.15, -0.1) is 0 Å². The summed E-state index contributed by atoms with van der Waals surface area (Å²) in [4.78, 5) is 15.2. The summed E-state index contributed by atoms with van der Waals surface area (Å²) in [5.41, 5.74) is 8.72. The minimum Gasteiger partial charge on any atom is -0.387 e. The maximum absolute atomic E-state index is 12.9. The number of aromatic nitrogens is 2. The number of nitrogens with zero attached hydrogens (tertiary/aromatic N) is 5. The molecule has 0 amide bonds. The second-order valence-electron chi connectivity index (χ2n) is 10.6. The SMILES string of the molecule is CC1=C(NCCN2CCCC2)CC(C)(OCCC(F)(F)F)C=C1N1CCN(c2ncnc(N)c2C(=N)Br)CC1. The van der Waals surface area contributed by atoms with Gasteiger partial charge in [-0.25, -0.2) is 9.97 Å². The van der Waals surface area contributed by atoms with E-state index in [1.54, 1.807) is 0 Å². The first-order chi connectivity index (χ1) is 18.5. The molecule has 1 aliphatic carbocycles. The Hall–Kier alpha value is -2.38. The highest BCUT2D eigenvalue weighted by molar-refractivity contribution is 9.18. The normalized spacial score (nSPS) is 22.9. The van der Waals surface area contributed by atoms with Gasteiger partial charge in [-0.1, -0.05) is 0 Å². The summed E-state index contributed by atoms with van der Waals surface area (Å²) in [6.45, 7) is 10.1. The summed E-state index contributed by atoms with van der Waals surface area (Å²) >= 11 is 3.20. The highest BCUT2D eigenvalue weighted by atomic mass is 79.9. The molecule has 3 aliphatic rings. The molecule has 216 valence electrons. The highest BCUT2D eigenvalue weighted by Gasteiger charge is 2.35. The Morgan fingerprint density at radius 3 is 2.46 bits per heavy atom. The fourth-order valence-corrected chi connectivity index (χ4v) is 5.85. The van der Waals surface area contributed by atoms with Gasteiger partial charge in [-0.2, -0.15) is 13.2 Å². The summed E-state index contributed by atoms with van der Waals surface area (Å²) in [5.74, 6) is 0.855. The predicted molar refractivity (Wildman–Crippen MR) is 150 cm³/mol. The standard InChI is InChI=1S/C26H38BrF3N8O/c1-18-19(33-6-9-36-7-3-4-8-36)15-25(2,39-14-5-26(28,29)30)16-20(18)37-10-12-38(13-11-37)24-21(22(27)31)23(32)34-17-35-24/h16-17,31,33H,3-15H2,1-2H3,(H2,32,34,35). The first-order valence-electron chi connectivity index (χ1n) is 13.4. The minimum absolute atomic E-state index is 0.128. The van der Waals surface area contributed by atoms with Crippen molar-refractivity contribution in [2.45, 2.75) is 51.3 Å². The molecular weight excluding hydrogens is 577 g/mol. The highest BCUT2D eigenvalue weighted by Crippen LogP contribution is 2.36. The van der Waals surface area contributed by atoms with Crippen molar-refractivity contribution in [2.75, 3.05) is 69.6 Å². The lowest BCUT2D eigenvalue weighted by Crippen LogP contribution is -2.48. The van der Waals surface area contributed by atoms with Gasteiger partial charge in [0.2, 0.25) is 0 Å². The Morgan fingerprint density at radius 1 is 1.15 bits per heavy atom. The number of ether oxygens (including phenoxy) is 1. The summed E-state index contributed by atoms with van der Waals surface area (Å²) < 4.78 is 44.6. The Labute approximate surface area is 236 Å². The van der Waals surface area contributed by atoms with Gasteiger partial charge in [0.25, 0.3) is 0 Å². The second-order valence-corrected chi connectivity index (χ2v) is 11.4. The number of piperazine rings is 1. The van der Waals surface area contributed by atoms with Crippen LogP contribution in [0, 0.1) is 5.41 Å². The Bertz CT molecular complexity index is 1100. The molecule has 3 heterocycles. The van der Waals surface area contributed by atoms with E-state index < -0.39 is 18.2 Å². The van der Waals surface area contributed by atoms with Crippen molar-refractivity contribution in [1.82, 2.24) is 25.1 Å². The predicted octanol–water partition coefficient (Wildman–Crippen LogP) is 3.88. The largest absolute Gasteiger partial charge is 0.391 e. The van der Waals surface area contributed by atoms with E-state index in [9.17, 15) is 13.2 Å². The Balaban J connectivity index is 1.49. The molecule has 4 N–H and O–H groups in total. The summed E-state index contributed by atoms with van der Waals surface area (Å²) in [6, 6.07) is 0. The van der Waals surface area contributed by atoms with Crippen molar-refractivity contribution < 1.29 is 17.9 Å². The first-order valence-corrected chi connectivity index (χ1v) is 14.2. The molecule has 1 aromatic heterocycles. The van der Waals surface area contributed by atoms with E-state index in [2.05, 4.69) is 52.8 Å². The number of hydrogen-bond donors (Lipinski definition) is 3. The number of nitrogens with one attached hydrogen (secondary N) is 2. The van der Waals surface area contributed by atoms with Crippen LogP contribution in [0.5, 0.6) is 0 Å². The van der Waals surface area contributed by atoms with Gasteiger partial charge >= 0.3 is 6.18 Å². The molecule has 2 fully saturated rings. The molecular formula is C26H38BrF3N8O. The topological polar surface area (TPSA) is 107 Å². The van der Waals surface area contributed by atoms with Crippen LogP contribution in [0.25, 0.3) is 0 Å². The van der Waals surface area contributed by atoms with Crippen LogP contribution in [0.15, 0.2) is 29.4 Å². The molecule has 0 bridgehead atoms. The molecule has 9 nitrogen and oxygen atoms in total. The number of hydrogen-bond acceptors (Lipinski definition) is 9. The molecule has 39 heavy (non-hydrogen) atoms.